The zero-order valence-corrected chi connectivity index (χ0v) is 8.89. The molecule has 16 heavy (non-hydrogen) atoms. The van der Waals surface area contributed by atoms with Gasteiger partial charge in [0.15, 0.2) is 5.69 Å². The molecule has 0 aliphatic rings. The van der Waals surface area contributed by atoms with Crippen LogP contribution >= 0.6 is 0 Å². The number of ether oxygens (including phenoxy) is 1. The minimum absolute atomic E-state index is 0.280. The largest absolute Gasteiger partial charge is 0.464 e. The van der Waals surface area contributed by atoms with E-state index in [0.717, 1.165) is 5.56 Å². The number of methoxy groups -OCH3 is 1. The van der Waals surface area contributed by atoms with Crippen LogP contribution < -0.4 is 0 Å². The number of rotatable bonds is 2. The molecule has 6 heteroatoms. The molecule has 0 aliphatic heterocycles. The first kappa shape index (κ1) is 10.3. The van der Waals surface area contributed by atoms with Crippen LogP contribution in [0.15, 0.2) is 18.5 Å². The molecule has 0 unspecified atom stereocenters. The fourth-order valence-electron chi connectivity index (χ4n) is 1.33. The smallest absolute Gasteiger partial charge is 0.356 e. The van der Waals surface area contributed by atoms with Crippen LogP contribution in [-0.2, 0) is 4.74 Å². The molecule has 0 amide bonds. The molecule has 0 spiro atoms. The standard InChI is InChI=1S/C10H10N4O2/c1-6-3-8(13-11-4-6)7-5-12-14-9(7)10(15)16-2/h3-5H,1-2H3,(H,12,14). The minimum Gasteiger partial charge on any atom is -0.464 e. The Morgan fingerprint density at radius 3 is 2.94 bits per heavy atom. The maximum absolute atomic E-state index is 11.4. The summed E-state index contributed by atoms with van der Waals surface area (Å²) in [5, 5.41) is 14.1. The summed E-state index contributed by atoms with van der Waals surface area (Å²) in [4.78, 5) is 11.4. The van der Waals surface area contributed by atoms with Gasteiger partial charge in [-0.2, -0.15) is 15.3 Å². The average Bonchev–Trinajstić information content (AvgIpc) is 2.77. The van der Waals surface area contributed by atoms with E-state index in [4.69, 9.17) is 0 Å². The fraction of sp³-hybridized carbons (Fsp3) is 0.200. The molecule has 0 bridgehead atoms. The second-order valence-corrected chi connectivity index (χ2v) is 3.27. The summed E-state index contributed by atoms with van der Waals surface area (Å²) < 4.78 is 4.63. The Labute approximate surface area is 91.7 Å². The normalized spacial score (nSPS) is 10.1. The summed E-state index contributed by atoms with van der Waals surface area (Å²) in [7, 11) is 1.31. The Balaban J connectivity index is 2.48. The van der Waals surface area contributed by atoms with E-state index in [2.05, 4.69) is 25.1 Å². The lowest BCUT2D eigenvalue weighted by Gasteiger charge is -2.00. The highest BCUT2D eigenvalue weighted by molar-refractivity contribution is 5.94. The third kappa shape index (κ3) is 1.77. The second-order valence-electron chi connectivity index (χ2n) is 3.27. The first-order chi connectivity index (χ1) is 7.72. The van der Waals surface area contributed by atoms with E-state index >= 15 is 0 Å². The highest BCUT2D eigenvalue weighted by Crippen LogP contribution is 2.20. The van der Waals surface area contributed by atoms with E-state index in [-0.39, 0.29) is 5.69 Å². The highest BCUT2D eigenvalue weighted by Gasteiger charge is 2.16. The number of H-pyrrole nitrogens is 1. The molecular formula is C10H10N4O2. The van der Waals surface area contributed by atoms with Gasteiger partial charge in [-0.3, -0.25) is 5.10 Å². The van der Waals surface area contributed by atoms with Gasteiger partial charge < -0.3 is 4.74 Å². The molecule has 2 aromatic heterocycles. The van der Waals surface area contributed by atoms with E-state index in [1.807, 2.05) is 13.0 Å². The molecule has 6 nitrogen and oxygen atoms in total. The lowest BCUT2D eigenvalue weighted by atomic mass is 10.1. The van der Waals surface area contributed by atoms with Crippen molar-refractivity contribution in [1.82, 2.24) is 20.4 Å². The number of hydrogen-bond acceptors (Lipinski definition) is 5. The van der Waals surface area contributed by atoms with Crippen molar-refractivity contribution in [2.75, 3.05) is 7.11 Å². The fourth-order valence-corrected chi connectivity index (χ4v) is 1.33. The molecule has 0 fully saturated rings. The van der Waals surface area contributed by atoms with Gasteiger partial charge >= 0.3 is 5.97 Å². The molecule has 0 saturated heterocycles. The van der Waals surface area contributed by atoms with Crippen LogP contribution in [-0.4, -0.2) is 33.5 Å². The van der Waals surface area contributed by atoms with Gasteiger partial charge in [-0.15, -0.1) is 0 Å². The number of carbonyl (C=O) groups excluding carboxylic acids is 1. The molecule has 82 valence electrons. The number of carbonyl (C=O) groups is 1. The summed E-state index contributed by atoms with van der Waals surface area (Å²) in [5.74, 6) is -0.476. The molecule has 0 saturated carbocycles. The third-order valence-electron chi connectivity index (χ3n) is 2.10. The van der Waals surface area contributed by atoms with Gasteiger partial charge in [0.2, 0.25) is 0 Å². The van der Waals surface area contributed by atoms with Gasteiger partial charge in [-0.25, -0.2) is 4.79 Å². The van der Waals surface area contributed by atoms with Crippen LogP contribution in [0.1, 0.15) is 16.1 Å². The van der Waals surface area contributed by atoms with Crippen molar-refractivity contribution in [2.45, 2.75) is 6.92 Å². The summed E-state index contributed by atoms with van der Waals surface area (Å²) in [5.41, 5.74) is 2.42. The Morgan fingerprint density at radius 2 is 2.25 bits per heavy atom. The van der Waals surface area contributed by atoms with Crippen LogP contribution in [0.2, 0.25) is 0 Å². The topological polar surface area (TPSA) is 80.8 Å². The van der Waals surface area contributed by atoms with E-state index in [1.54, 1.807) is 6.20 Å². The molecular weight excluding hydrogens is 208 g/mol. The molecule has 0 aliphatic carbocycles. The highest BCUT2D eigenvalue weighted by atomic mass is 16.5. The number of esters is 1. The quantitative estimate of drug-likeness (QED) is 0.759. The van der Waals surface area contributed by atoms with Crippen LogP contribution in [0.5, 0.6) is 0 Å². The maximum Gasteiger partial charge on any atom is 0.356 e. The molecule has 0 radical (unpaired) electrons. The molecule has 0 atom stereocenters. The lowest BCUT2D eigenvalue weighted by Crippen LogP contribution is -2.04. The van der Waals surface area contributed by atoms with Gasteiger partial charge in [-0.1, -0.05) is 0 Å². The van der Waals surface area contributed by atoms with E-state index < -0.39 is 5.97 Å². The average molecular weight is 218 g/mol. The van der Waals surface area contributed by atoms with E-state index in [1.165, 1.54) is 13.3 Å². The van der Waals surface area contributed by atoms with Crippen LogP contribution in [0.3, 0.4) is 0 Å². The number of hydrogen-bond donors (Lipinski definition) is 1. The van der Waals surface area contributed by atoms with Gasteiger partial charge in [0, 0.05) is 0 Å². The molecule has 0 aromatic carbocycles. The van der Waals surface area contributed by atoms with Crippen LogP contribution in [0.4, 0.5) is 0 Å². The van der Waals surface area contributed by atoms with Gasteiger partial charge in [-0.05, 0) is 18.6 Å². The molecule has 2 aromatic rings. The predicted octanol–water partition coefficient (Wildman–Crippen LogP) is 0.962. The maximum atomic E-state index is 11.4. The van der Waals surface area contributed by atoms with Gasteiger partial charge in [0.05, 0.1) is 30.8 Å². The number of nitrogens with one attached hydrogen (secondary N) is 1. The van der Waals surface area contributed by atoms with Crippen molar-refractivity contribution < 1.29 is 9.53 Å². The predicted molar refractivity (Wildman–Crippen MR) is 55.7 cm³/mol. The summed E-state index contributed by atoms with van der Waals surface area (Å²) >= 11 is 0. The first-order valence-corrected chi connectivity index (χ1v) is 4.63. The lowest BCUT2D eigenvalue weighted by molar-refractivity contribution is 0.0595. The van der Waals surface area contributed by atoms with Crippen molar-refractivity contribution in [3.63, 3.8) is 0 Å². The number of aromatic amines is 1. The molecule has 2 heterocycles. The van der Waals surface area contributed by atoms with Crippen molar-refractivity contribution in [3.05, 3.63) is 29.7 Å². The Kier molecular flexibility index (Phi) is 2.63. The van der Waals surface area contributed by atoms with Crippen molar-refractivity contribution >= 4 is 5.97 Å². The van der Waals surface area contributed by atoms with Crippen LogP contribution in [0.25, 0.3) is 11.3 Å². The van der Waals surface area contributed by atoms with E-state index in [9.17, 15) is 4.79 Å². The third-order valence-corrected chi connectivity index (χ3v) is 2.10. The van der Waals surface area contributed by atoms with Crippen LogP contribution in [0, 0.1) is 6.92 Å². The molecule has 2 rings (SSSR count). The zero-order valence-electron chi connectivity index (χ0n) is 8.89. The number of nitrogens with zero attached hydrogens (tertiary/aromatic N) is 3. The summed E-state index contributed by atoms with van der Waals surface area (Å²) in [6.45, 7) is 1.90. The Bertz CT molecular complexity index is 521. The van der Waals surface area contributed by atoms with E-state index in [0.29, 0.717) is 11.3 Å². The van der Waals surface area contributed by atoms with Crippen molar-refractivity contribution in [1.29, 1.82) is 0 Å². The molecule has 1 N–H and O–H groups in total. The minimum atomic E-state index is -0.476. The van der Waals surface area contributed by atoms with Crippen molar-refractivity contribution in [3.8, 4) is 11.3 Å². The van der Waals surface area contributed by atoms with Gasteiger partial charge in [0.1, 0.15) is 0 Å². The summed E-state index contributed by atoms with van der Waals surface area (Å²) in [6.07, 6.45) is 3.16. The Morgan fingerprint density at radius 1 is 1.44 bits per heavy atom. The second kappa shape index (κ2) is 4.09. The monoisotopic (exact) mass is 218 g/mol. The van der Waals surface area contributed by atoms with Crippen molar-refractivity contribution in [2.24, 2.45) is 0 Å². The number of aryl methyl sites for hydroxylation is 1. The Hall–Kier alpha value is -2.24. The van der Waals surface area contributed by atoms with Gasteiger partial charge in [0.25, 0.3) is 0 Å². The SMILES string of the molecule is COC(=O)c1[nH]ncc1-c1cc(C)cnn1. The first-order valence-electron chi connectivity index (χ1n) is 4.63. The number of aromatic nitrogens is 4. The zero-order chi connectivity index (χ0) is 11.5. The summed E-state index contributed by atoms with van der Waals surface area (Å²) in [6, 6.07) is 1.82.